The van der Waals surface area contributed by atoms with Gasteiger partial charge in [0.05, 0.1) is 17.8 Å². The van der Waals surface area contributed by atoms with E-state index < -0.39 is 0 Å². The van der Waals surface area contributed by atoms with E-state index in [1.165, 1.54) is 5.56 Å². The maximum Gasteiger partial charge on any atom is 0.238 e. The van der Waals surface area contributed by atoms with Crippen molar-refractivity contribution in [1.29, 1.82) is 5.26 Å². The lowest BCUT2D eigenvalue weighted by molar-refractivity contribution is -0.117. The predicted octanol–water partition coefficient (Wildman–Crippen LogP) is 2.97. The monoisotopic (exact) mass is 368 g/mol. The fourth-order valence-corrected chi connectivity index (χ4v) is 3.29. The lowest BCUT2D eigenvalue weighted by atomic mass is 10.2. The number of carbonyl (C=O) groups is 1. The molecule has 2 aromatic rings. The van der Waals surface area contributed by atoms with Crippen molar-refractivity contribution in [2.45, 2.75) is 6.54 Å². The second kappa shape index (κ2) is 8.81. The maximum atomic E-state index is 12.3. The SMILES string of the molecule is N#Cc1ccccc1NC(=O)CN1CCN(Cc2cccc(Cl)c2)CC1. The van der Waals surface area contributed by atoms with Gasteiger partial charge in [-0.1, -0.05) is 35.9 Å². The van der Waals surface area contributed by atoms with Crippen LogP contribution in [0.1, 0.15) is 11.1 Å². The van der Waals surface area contributed by atoms with Crippen LogP contribution >= 0.6 is 11.6 Å². The van der Waals surface area contributed by atoms with Crippen molar-refractivity contribution in [3.8, 4) is 6.07 Å². The number of nitrogens with one attached hydrogen (secondary N) is 1. The van der Waals surface area contributed by atoms with Crippen LogP contribution in [0.25, 0.3) is 0 Å². The van der Waals surface area contributed by atoms with Gasteiger partial charge in [-0.2, -0.15) is 5.26 Å². The van der Waals surface area contributed by atoms with Gasteiger partial charge in [-0.3, -0.25) is 14.6 Å². The van der Waals surface area contributed by atoms with E-state index in [1.807, 2.05) is 24.3 Å². The van der Waals surface area contributed by atoms with Crippen LogP contribution in [0.4, 0.5) is 5.69 Å². The van der Waals surface area contributed by atoms with Crippen LogP contribution in [0.5, 0.6) is 0 Å². The summed E-state index contributed by atoms with van der Waals surface area (Å²) < 4.78 is 0. The van der Waals surface area contributed by atoms with E-state index in [0.29, 0.717) is 17.8 Å². The molecule has 0 saturated carbocycles. The minimum atomic E-state index is -0.0870. The van der Waals surface area contributed by atoms with Gasteiger partial charge in [-0.05, 0) is 29.8 Å². The zero-order valence-electron chi connectivity index (χ0n) is 14.5. The highest BCUT2D eigenvalue weighted by molar-refractivity contribution is 6.30. The number of rotatable bonds is 5. The molecule has 0 spiro atoms. The third kappa shape index (κ3) is 5.06. The van der Waals surface area contributed by atoms with Crippen LogP contribution in [-0.4, -0.2) is 48.4 Å². The van der Waals surface area contributed by atoms with Gasteiger partial charge in [0.15, 0.2) is 0 Å². The highest BCUT2D eigenvalue weighted by Gasteiger charge is 2.19. The first-order chi connectivity index (χ1) is 12.6. The Bertz CT molecular complexity index is 809. The Balaban J connectivity index is 1.46. The number of hydrogen-bond acceptors (Lipinski definition) is 4. The number of halogens is 1. The Morgan fingerprint density at radius 3 is 2.54 bits per heavy atom. The molecule has 1 fully saturated rings. The van der Waals surface area contributed by atoms with Crippen LogP contribution in [-0.2, 0) is 11.3 Å². The number of carbonyl (C=O) groups excluding carboxylic acids is 1. The molecule has 6 heteroatoms. The van der Waals surface area contributed by atoms with E-state index in [4.69, 9.17) is 16.9 Å². The molecule has 1 aliphatic heterocycles. The van der Waals surface area contributed by atoms with Crippen LogP contribution in [0.15, 0.2) is 48.5 Å². The number of para-hydroxylation sites is 1. The Hall–Kier alpha value is -2.39. The number of benzene rings is 2. The summed E-state index contributed by atoms with van der Waals surface area (Å²) in [5.74, 6) is -0.0870. The molecule has 0 unspecified atom stereocenters. The summed E-state index contributed by atoms with van der Waals surface area (Å²) in [4.78, 5) is 16.8. The van der Waals surface area contributed by atoms with Crippen LogP contribution < -0.4 is 5.32 Å². The Morgan fingerprint density at radius 1 is 1.08 bits per heavy atom. The fraction of sp³-hybridized carbons (Fsp3) is 0.300. The zero-order valence-corrected chi connectivity index (χ0v) is 15.2. The summed E-state index contributed by atoms with van der Waals surface area (Å²) in [5, 5.41) is 12.7. The molecule has 134 valence electrons. The molecule has 5 nitrogen and oxygen atoms in total. The normalized spacial score (nSPS) is 15.4. The number of hydrogen-bond donors (Lipinski definition) is 1. The summed E-state index contributed by atoms with van der Waals surface area (Å²) >= 11 is 6.04. The third-order valence-electron chi connectivity index (χ3n) is 4.45. The van der Waals surface area contributed by atoms with E-state index in [9.17, 15) is 4.79 Å². The van der Waals surface area contributed by atoms with Crippen molar-refractivity contribution in [3.63, 3.8) is 0 Å². The first-order valence-corrected chi connectivity index (χ1v) is 9.00. The smallest absolute Gasteiger partial charge is 0.238 e. The summed E-state index contributed by atoms with van der Waals surface area (Å²) in [6.45, 7) is 4.71. The summed E-state index contributed by atoms with van der Waals surface area (Å²) in [6, 6.07) is 17.1. The van der Waals surface area contributed by atoms with Crippen LogP contribution in [0, 0.1) is 11.3 Å². The van der Waals surface area contributed by atoms with Gasteiger partial charge in [-0.25, -0.2) is 0 Å². The second-order valence-electron chi connectivity index (χ2n) is 6.39. The molecule has 2 aromatic carbocycles. The van der Waals surface area contributed by atoms with Gasteiger partial charge in [0, 0.05) is 37.7 Å². The topological polar surface area (TPSA) is 59.4 Å². The van der Waals surface area contributed by atoms with Crippen LogP contribution in [0.3, 0.4) is 0 Å². The molecule has 1 heterocycles. The van der Waals surface area contributed by atoms with Gasteiger partial charge in [0.1, 0.15) is 6.07 Å². The minimum absolute atomic E-state index is 0.0870. The maximum absolute atomic E-state index is 12.3. The van der Waals surface area contributed by atoms with Gasteiger partial charge in [0.2, 0.25) is 5.91 Å². The van der Waals surface area contributed by atoms with Crippen molar-refractivity contribution in [3.05, 3.63) is 64.7 Å². The minimum Gasteiger partial charge on any atom is -0.324 e. The van der Waals surface area contributed by atoms with Gasteiger partial charge < -0.3 is 5.32 Å². The summed E-state index contributed by atoms with van der Waals surface area (Å²) in [7, 11) is 0. The molecule has 0 aromatic heterocycles. The molecule has 1 amide bonds. The van der Waals surface area contributed by atoms with E-state index in [-0.39, 0.29) is 5.91 Å². The molecule has 0 bridgehead atoms. The molecular weight excluding hydrogens is 348 g/mol. The van der Waals surface area contributed by atoms with Crippen molar-refractivity contribution in [2.75, 3.05) is 38.0 Å². The summed E-state index contributed by atoms with van der Waals surface area (Å²) in [6.07, 6.45) is 0. The Kier molecular flexibility index (Phi) is 6.24. The molecule has 0 aliphatic carbocycles. The number of piperazine rings is 1. The van der Waals surface area contributed by atoms with Crippen molar-refractivity contribution < 1.29 is 4.79 Å². The van der Waals surface area contributed by atoms with Crippen LogP contribution in [0.2, 0.25) is 5.02 Å². The number of nitrogens with zero attached hydrogens (tertiary/aromatic N) is 3. The van der Waals surface area contributed by atoms with E-state index in [2.05, 4.69) is 27.3 Å². The number of nitriles is 1. The van der Waals surface area contributed by atoms with E-state index in [0.717, 1.165) is 37.7 Å². The molecule has 0 radical (unpaired) electrons. The molecule has 3 rings (SSSR count). The first-order valence-electron chi connectivity index (χ1n) is 8.62. The number of anilines is 1. The highest BCUT2D eigenvalue weighted by Crippen LogP contribution is 2.15. The zero-order chi connectivity index (χ0) is 18.4. The molecule has 1 saturated heterocycles. The quantitative estimate of drug-likeness (QED) is 0.881. The predicted molar refractivity (Wildman–Crippen MR) is 103 cm³/mol. The summed E-state index contributed by atoms with van der Waals surface area (Å²) in [5.41, 5.74) is 2.25. The van der Waals surface area contributed by atoms with Crippen molar-refractivity contribution >= 4 is 23.2 Å². The first kappa shape index (κ1) is 18.4. The third-order valence-corrected chi connectivity index (χ3v) is 4.68. The average molecular weight is 369 g/mol. The van der Waals surface area contributed by atoms with Gasteiger partial charge in [-0.15, -0.1) is 0 Å². The van der Waals surface area contributed by atoms with E-state index in [1.54, 1.807) is 18.2 Å². The Morgan fingerprint density at radius 2 is 1.81 bits per heavy atom. The van der Waals surface area contributed by atoms with Crippen molar-refractivity contribution in [2.24, 2.45) is 0 Å². The van der Waals surface area contributed by atoms with Crippen molar-refractivity contribution in [1.82, 2.24) is 9.80 Å². The van der Waals surface area contributed by atoms with Gasteiger partial charge in [0.25, 0.3) is 0 Å². The largest absolute Gasteiger partial charge is 0.324 e. The molecule has 1 N–H and O–H groups in total. The number of amides is 1. The highest BCUT2D eigenvalue weighted by atomic mass is 35.5. The molecular formula is C20H21ClN4O. The lowest BCUT2D eigenvalue weighted by Gasteiger charge is -2.34. The second-order valence-corrected chi connectivity index (χ2v) is 6.82. The standard InChI is InChI=1S/C20H21ClN4O/c21-18-6-3-4-16(12-18)14-24-8-10-25(11-9-24)15-20(26)23-19-7-2-1-5-17(19)13-22/h1-7,12H,8-11,14-15H2,(H,23,26). The Labute approximate surface area is 158 Å². The van der Waals surface area contributed by atoms with E-state index >= 15 is 0 Å². The molecule has 1 aliphatic rings. The lowest BCUT2D eigenvalue weighted by Crippen LogP contribution is -2.48. The molecule has 0 atom stereocenters. The van der Waals surface area contributed by atoms with Gasteiger partial charge >= 0.3 is 0 Å². The average Bonchev–Trinajstić information content (AvgIpc) is 2.64. The molecule has 26 heavy (non-hydrogen) atoms. The fourth-order valence-electron chi connectivity index (χ4n) is 3.08.